The first-order chi connectivity index (χ1) is 20.5. The Bertz CT molecular complexity index is 1510. The zero-order chi connectivity index (χ0) is 30.8. The number of carboxylic acid groups (broad SMARTS) is 1. The molecule has 3 aromatic rings. The number of hydrogen-bond acceptors (Lipinski definition) is 8. The number of rotatable bonds is 8. The molecule has 5 rings (SSSR count). The zero-order valence-electron chi connectivity index (χ0n) is 23.9. The number of halogens is 3. The number of piperidine rings is 1. The van der Waals surface area contributed by atoms with E-state index in [0.717, 1.165) is 4.90 Å². The second kappa shape index (κ2) is 12.5. The average molecular weight is 614 g/mol. The number of nitrogens with zero attached hydrogens (tertiary/aromatic N) is 3. The van der Waals surface area contributed by atoms with Gasteiger partial charge in [-0.05, 0) is 72.7 Å². The zero-order valence-corrected chi connectivity index (χ0v) is 24.7. The smallest absolute Gasteiger partial charge is 0.429 e. The van der Waals surface area contributed by atoms with Crippen LogP contribution in [0.1, 0.15) is 43.4 Å². The first-order valence-electron chi connectivity index (χ1n) is 14.0. The molecule has 43 heavy (non-hydrogen) atoms. The quantitative estimate of drug-likeness (QED) is 0.256. The van der Waals surface area contributed by atoms with Gasteiger partial charge in [-0.1, -0.05) is 36.4 Å². The fourth-order valence-electron chi connectivity index (χ4n) is 5.91. The number of thioether (sulfide) groups is 1. The van der Waals surface area contributed by atoms with E-state index < -0.39 is 24.3 Å². The number of benzene rings is 2. The average Bonchev–Trinajstić information content (AvgIpc) is 3.39. The van der Waals surface area contributed by atoms with Gasteiger partial charge >= 0.3 is 12.1 Å². The summed E-state index contributed by atoms with van der Waals surface area (Å²) >= 11 is 1.51. The molecule has 228 valence electrons. The highest BCUT2D eigenvalue weighted by Crippen LogP contribution is 2.43. The highest BCUT2D eigenvalue weighted by molar-refractivity contribution is 7.98. The Balaban J connectivity index is 1.45. The van der Waals surface area contributed by atoms with Crippen molar-refractivity contribution >= 4 is 35.6 Å². The Morgan fingerprint density at radius 3 is 2.63 bits per heavy atom. The maximum absolute atomic E-state index is 14.8. The van der Waals surface area contributed by atoms with Gasteiger partial charge in [-0.3, -0.25) is 4.79 Å². The second-order valence-electron chi connectivity index (χ2n) is 11.0. The van der Waals surface area contributed by atoms with Crippen molar-refractivity contribution in [2.45, 2.75) is 49.4 Å². The molecule has 12 heteroatoms. The number of carboxylic acids is 1. The fraction of sp³-hybridized carbons (Fsp3) is 0.387. The molecular weight excluding hydrogens is 579 g/mol. The lowest BCUT2D eigenvalue weighted by atomic mass is 9.76. The lowest BCUT2D eigenvalue weighted by Crippen LogP contribution is -2.41. The predicted octanol–water partition coefficient (Wildman–Crippen LogP) is 6.20. The molecule has 2 atom stereocenters. The third-order valence-corrected chi connectivity index (χ3v) is 8.87. The Labute approximate surface area is 252 Å². The number of alkyl halides is 3. The first-order valence-corrected chi connectivity index (χ1v) is 15.2. The van der Waals surface area contributed by atoms with Crippen LogP contribution in [0, 0.1) is 5.41 Å². The largest absolute Gasteiger partial charge is 0.480 e. The number of nitrogen functional groups attached to an aromatic ring is 1. The monoisotopic (exact) mass is 613 g/mol. The van der Waals surface area contributed by atoms with E-state index in [0.29, 0.717) is 61.4 Å². The summed E-state index contributed by atoms with van der Waals surface area (Å²) in [5, 5.41) is 12.5. The standard InChI is InChI=1S/C31H34F3N5O3S/c1-3-5-19-8-9-22(20-6-4-7-21(15-20)43-2)23(14-19)27(31(32,33)34)42-26-16-25(37-29(35)38-26)39-12-10-30(11-13-39)17-24(28(40)41)36-18-30/h3-9,14-16,24,27,36H,10-13,17-18H2,1-2H3,(H,40,41)(H2,35,37,38)/b5-3+/t24-,27+/m0/s1. The number of hydrogen-bond donors (Lipinski definition) is 3. The van der Waals surface area contributed by atoms with Crippen LogP contribution in [-0.4, -0.2) is 59.2 Å². The van der Waals surface area contributed by atoms with Gasteiger partial charge in [0.05, 0.1) is 0 Å². The van der Waals surface area contributed by atoms with Gasteiger partial charge in [0.15, 0.2) is 0 Å². The van der Waals surface area contributed by atoms with Gasteiger partial charge in [-0.25, -0.2) is 0 Å². The van der Waals surface area contributed by atoms with Crippen molar-refractivity contribution in [2.75, 3.05) is 36.5 Å². The molecule has 2 aliphatic rings. The normalized spacial score (nSPS) is 19.2. The number of aliphatic carboxylic acids is 1. The molecule has 2 aliphatic heterocycles. The van der Waals surface area contributed by atoms with Crippen molar-refractivity contribution in [1.29, 1.82) is 0 Å². The van der Waals surface area contributed by atoms with E-state index in [1.165, 1.54) is 23.9 Å². The molecule has 8 nitrogen and oxygen atoms in total. The summed E-state index contributed by atoms with van der Waals surface area (Å²) in [5.41, 5.74) is 7.45. The molecule has 2 saturated heterocycles. The Kier molecular flexibility index (Phi) is 8.89. The molecule has 1 spiro atoms. The van der Waals surface area contributed by atoms with Crippen molar-refractivity contribution in [1.82, 2.24) is 15.3 Å². The van der Waals surface area contributed by atoms with Crippen molar-refractivity contribution in [2.24, 2.45) is 5.41 Å². The van der Waals surface area contributed by atoms with E-state index in [-0.39, 0.29) is 22.8 Å². The summed E-state index contributed by atoms with van der Waals surface area (Å²) in [7, 11) is 0. The summed E-state index contributed by atoms with van der Waals surface area (Å²) in [4.78, 5) is 22.6. The van der Waals surface area contributed by atoms with Gasteiger partial charge in [-0.15, -0.1) is 11.8 Å². The van der Waals surface area contributed by atoms with Crippen LogP contribution in [0.5, 0.6) is 5.88 Å². The highest BCUT2D eigenvalue weighted by Gasteiger charge is 2.46. The maximum Gasteiger partial charge on any atom is 0.429 e. The van der Waals surface area contributed by atoms with Crippen LogP contribution in [0.2, 0.25) is 0 Å². The minimum absolute atomic E-state index is 0.0401. The van der Waals surface area contributed by atoms with Crippen LogP contribution in [0.4, 0.5) is 24.9 Å². The summed E-state index contributed by atoms with van der Waals surface area (Å²) in [6, 6.07) is 13.1. The third-order valence-electron chi connectivity index (χ3n) is 8.15. The molecule has 3 heterocycles. The molecule has 2 aromatic carbocycles. The van der Waals surface area contributed by atoms with Crippen LogP contribution in [0.3, 0.4) is 0 Å². The molecule has 0 radical (unpaired) electrons. The second-order valence-corrected chi connectivity index (χ2v) is 11.9. The molecule has 1 aromatic heterocycles. The van der Waals surface area contributed by atoms with E-state index in [4.69, 9.17) is 10.5 Å². The molecule has 4 N–H and O–H groups in total. The van der Waals surface area contributed by atoms with Crippen LogP contribution in [0.15, 0.2) is 59.5 Å². The van der Waals surface area contributed by atoms with Gasteiger partial charge in [0, 0.05) is 36.2 Å². The van der Waals surface area contributed by atoms with Gasteiger partial charge in [0.25, 0.3) is 0 Å². The van der Waals surface area contributed by atoms with Crippen LogP contribution >= 0.6 is 11.8 Å². The van der Waals surface area contributed by atoms with Gasteiger partial charge in [0.1, 0.15) is 11.9 Å². The number of anilines is 2. The summed E-state index contributed by atoms with van der Waals surface area (Å²) < 4.78 is 50.0. The van der Waals surface area contributed by atoms with Crippen LogP contribution < -0.4 is 20.7 Å². The first kappa shape index (κ1) is 30.7. The number of ether oxygens (including phenoxy) is 1. The molecular formula is C31H34F3N5O3S. The lowest BCUT2D eigenvalue weighted by Gasteiger charge is -2.39. The van der Waals surface area contributed by atoms with Crippen molar-refractivity contribution < 1.29 is 27.8 Å². The third kappa shape index (κ3) is 6.91. The minimum atomic E-state index is -4.77. The fourth-order valence-corrected chi connectivity index (χ4v) is 6.37. The molecule has 0 aliphatic carbocycles. The number of carbonyl (C=O) groups is 1. The van der Waals surface area contributed by atoms with E-state index in [1.807, 2.05) is 29.4 Å². The SMILES string of the molecule is C/C=C/c1ccc(-c2cccc(SC)c2)c([C@@H](Oc2cc(N3CCC4(CC3)CN[C@H](C(=O)O)C4)nc(N)n2)C(F)(F)F)c1. The Morgan fingerprint density at radius 1 is 1.21 bits per heavy atom. The van der Waals surface area contributed by atoms with Crippen molar-refractivity contribution in [3.63, 3.8) is 0 Å². The number of nitrogens with two attached hydrogens (primary N) is 1. The predicted molar refractivity (Wildman–Crippen MR) is 162 cm³/mol. The summed E-state index contributed by atoms with van der Waals surface area (Å²) in [6.45, 7) is 3.51. The van der Waals surface area contributed by atoms with Gasteiger partial charge < -0.3 is 25.8 Å². The van der Waals surface area contributed by atoms with E-state index in [2.05, 4.69) is 15.3 Å². The van der Waals surface area contributed by atoms with Crippen LogP contribution in [-0.2, 0) is 4.79 Å². The van der Waals surface area contributed by atoms with Crippen LogP contribution in [0.25, 0.3) is 17.2 Å². The van der Waals surface area contributed by atoms with Crippen molar-refractivity contribution in [3.05, 3.63) is 65.7 Å². The van der Waals surface area contributed by atoms with E-state index in [9.17, 15) is 23.1 Å². The summed E-state index contributed by atoms with van der Waals surface area (Å²) in [6.07, 6.45) is 0.285. The van der Waals surface area contributed by atoms with Gasteiger partial charge in [-0.2, -0.15) is 23.1 Å². The highest BCUT2D eigenvalue weighted by atomic mass is 32.2. The van der Waals surface area contributed by atoms with E-state index >= 15 is 0 Å². The summed E-state index contributed by atoms with van der Waals surface area (Å²) in [5.74, 6) is -0.966. The molecule has 0 saturated carbocycles. The molecule has 0 bridgehead atoms. The molecule has 0 unspecified atom stereocenters. The maximum atomic E-state index is 14.8. The Morgan fingerprint density at radius 2 is 1.98 bits per heavy atom. The lowest BCUT2D eigenvalue weighted by molar-refractivity contribution is -0.198. The number of allylic oxidation sites excluding steroid dienone is 1. The molecule has 2 fully saturated rings. The molecule has 0 amide bonds. The number of nitrogens with one attached hydrogen (secondary N) is 1. The topological polar surface area (TPSA) is 114 Å². The number of aromatic nitrogens is 2. The van der Waals surface area contributed by atoms with E-state index in [1.54, 1.807) is 37.3 Å². The minimum Gasteiger partial charge on any atom is -0.480 e. The van der Waals surface area contributed by atoms with Gasteiger partial charge in [0.2, 0.25) is 17.9 Å². The van der Waals surface area contributed by atoms with Crippen molar-refractivity contribution in [3.8, 4) is 17.0 Å². The Hall–Kier alpha value is -3.77.